The number of carbonyl (C=O) groups is 1. The molecule has 3 fully saturated rings. The van der Waals surface area contributed by atoms with Crippen molar-refractivity contribution in [1.82, 2.24) is 15.1 Å². The highest BCUT2D eigenvalue weighted by atomic mass is 16.2. The van der Waals surface area contributed by atoms with Crippen molar-refractivity contribution in [3.8, 4) is 0 Å². The van der Waals surface area contributed by atoms with Crippen LogP contribution in [-0.4, -0.2) is 54.0 Å². The predicted molar refractivity (Wildman–Crippen MR) is 95.5 cm³/mol. The summed E-state index contributed by atoms with van der Waals surface area (Å²) in [6.45, 7) is 6.92. The van der Waals surface area contributed by atoms with Crippen molar-refractivity contribution in [3.05, 3.63) is 35.9 Å². The maximum absolute atomic E-state index is 12.7. The zero-order chi connectivity index (χ0) is 16.5. The van der Waals surface area contributed by atoms with Gasteiger partial charge in [-0.3, -0.25) is 9.69 Å². The van der Waals surface area contributed by atoms with E-state index in [0.29, 0.717) is 12.3 Å². The molecule has 1 N–H and O–H groups in total. The summed E-state index contributed by atoms with van der Waals surface area (Å²) in [5.41, 5.74) is 1.22. The van der Waals surface area contributed by atoms with Gasteiger partial charge in [-0.25, -0.2) is 0 Å². The summed E-state index contributed by atoms with van der Waals surface area (Å²) >= 11 is 0. The van der Waals surface area contributed by atoms with Gasteiger partial charge in [-0.1, -0.05) is 30.3 Å². The molecule has 0 aliphatic carbocycles. The quantitative estimate of drug-likeness (QED) is 0.869. The first-order valence-corrected chi connectivity index (χ1v) is 9.56. The minimum Gasteiger partial charge on any atom is -0.339 e. The number of amides is 1. The van der Waals surface area contributed by atoms with Gasteiger partial charge in [0.15, 0.2) is 0 Å². The number of hydrogen-bond donors (Lipinski definition) is 1. The minimum atomic E-state index is 0.302. The van der Waals surface area contributed by atoms with Gasteiger partial charge in [0.05, 0.1) is 0 Å². The van der Waals surface area contributed by atoms with Gasteiger partial charge in [-0.2, -0.15) is 0 Å². The molecule has 130 valence electrons. The third-order valence-electron chi connectivity index (χ3n) is 6.44. The molecule has 3 heterocycles. The van der Waals surface area contributed by atoms with Gasteiger partial charge in [-0.05, 0) is 50.3 Å². The van der Waals surface area contributed by atoms with Crippen LogP contribution in [0.4, 0.5) is 0 Å². The lowest BCUT2D eigenvalue weighted by Gasteiger charge is -2.26. The van der Waals surface area contributed by atoms with Gasteiger partial charge >= 0.3 is 0 Å². The fraction of sp³-hybridized carbons (Fsp3) is 0.650. The van der Waals surface area contributed by atoms with E-state index in [4.69, 9.17) is 0 Å². The molecular weight excluding hydrogens is 298 g/mol. The van der Waals surface area contributed by atoms with E-state index in [1.165, 1.54) is 31.5 Å². The van der Waals surface area contributed by atoms with Crippen molar-refractivity contribution >= 4 is 5.91 Å². The van der Waals surface area contributed by atoms with Crippen molar-refractivity contribution in [2.75, 3.05) is 26.2 Å². The lowest BCUT2D eigenvalue weighted by Crippen LogP contribution is -2.38. The SMILES string of the molecule is CCN(Cc1ccccc1)C(=O)CCN1[C@@H]2CC[C@H]1[C@H]1CNC[C@H]12. The molecule has 1 aromatic rings. The molecule has 1 aromatic carbocycles. The monoisotopic (exact) mass is 327 g/mol. The van der Waals surface area contributed by atoms with Crippen LogP contribution < -0.4 is 5.32 Å². The Morgan fingerprint density at radius 3 is 2.46 bits per heavy atom. The predicted octanol–water partition coefficient (Wildman–Crippen LogP) is 2.11. The normalized spacial score (nSPS) is 31.4. The summed E-state index contributed by atoms with van der Waals surface area (Å²) in [6, 6.07) is 11.8. The number of benzene rings is 1. The van der Waals surface area contributed by atoms with Crippen LogP contribution in [0.25, 0.3) is 0 Å². The second kappa shape index (κ2) is 6.85. The summed E-state index contributed by atoms with van der Waals surface area (Å²) in [4.78, 5) is 17.4. The van der Waals surface area contributed by atoms with Gasteiger partial charge in [0.2, 0.25) is 5.91 Å². The number of carbonyl (C=O) groups excluding carboxylic acids is 1. The second-order valence-corrected chi connectivity index (χ2v) is 7.58. The van der Waals surface area contributed by atoms with Gasteiger partial charge in [-0.15, -0.1) is 0 Å². The maximum atomic E-state index is 12.7. The summed E-state index contributed by atoms with van der Waals surface area (Å²) in [7, 11) is 0. The van der Waals surface area contributed by atoms with Crippen LogP contribution >= 0.6 is 0 Å². The zero-order valence-electron chi connectivity index (χ0n) is 14.7. The van der Waals surface area contributed by atoms with Crippen LogP contribution in [0.1, 0.15) is 31.7 Å². The first-order chi connectivity index (χ1) is 11.8. The Bertz CT molecular complexity index is 558. The molecule has 3 aliphatic heterocycles. The van der Waals surface area contributed by atoms with E-state index < -0.39 is 0 Å². The molecule has 3 aliphatic rings. The molecule has 0 spiro atoms. The summed E-state index contributed by atoms with van der Waals surface area (Å²) in [5, 5.41) is 3.56. The fourth-order valence-corrected chi connectivity index (χ4v) is 5.30. The smallest absolute Gasteiger partial charge is 0.224 e. The molecule has 24 heavy (non-hydrogen) atoms. The Morgan fingerprint density at radius 1 is 1.17 bits per heavy atom. The molecule has 4 atom stereocenters. The molecule has 0 aromatic heterocycles. The van der Waals surface area contributed by atoms with Crippen molar-refractivity contribution in [1.29, 1.82) is 0 Å². The Balaban J connectivity index is 1.33. The van der Waals surface area contributed by atoms with Crippen LogP contribution in [0.5, 0.6) is 0 Å². The first kappa shape index (κ1) is 16.1. The maximum Gasteiger partial charge on any atom is 0.224 e. The molecule has 3 saturated heterocycles. The largest absolute Gasteiger partial charge is 0.339 e. The van der Waals surface area contributed by atoms with Crippen LogP contribution in [-0.2, 0) is 11.3 Å². The highest BCUT2D eigenvalue weighted by Crippen LogP contribution is 2.47. The lowest BCUT2D eigenvalue weighted by atomic mass is 9.82. The van der Waals surface area contributed by atoms with Gasteiger partial charge in [0.25, 0.3) is 0 Å². The van der Waals surface area contributed by atoms with Crippen LogP contribution in [0, 0.1) is 11.8 Å². The second-order valence-electron chi connectivity index (χ2n) is 7.58. The topological polar surface area (TPSA) is 35.6 Å². The van der Waals surface area contributed by atoms with Crippen molar-refractivity contribution in [2.45, 2.75) is 44.8 Å². The van der Waals surface area contributed by atoms with Crippen LogP contribution in [0.15, 0.2) is 30.3 Å². The van der Waals surface area contributed by atoms with E-state index in [1.54, 1.807) is 0 Å². The Labute approximate surface area is 145 Å². The molecule has 2 bridgehead atoms. The third-order valence-corrected chi connectivity index (χ3v) is 6.44. The van der Waals surface area contributed by atoms with E-state index >= 15 is 0 Å². The summed E-state index contributed by atoms with van der Waals surface area (Å²) in [6.07, 6.45) is 3.34. The zero-order valence-corrected chi connectivity index (χ0v) is 14.7. The summed E-state index contributed by atoms with van der Waals surface area (Å²) < 4.78 is 0. The highest BCUT2D eigenvalue weighted by molar-refractivity contribution is 5.76. The standard InChI is InChI=1S/C20H29N3O/c1-2-22(14-15-6-4-3-5-7-15)20(24)10-11-23-18-8-9-19(23)17-13-21-12-16(17)18/h3-7,16-19,21H,2,8-14H2,1H3/t16-,17+,18-,19+. The van der Waals surface area contributed by atoms with E-state index in [1.807, 2.05) is 23.1 Å². The van der Waals surface area contributed by atoms with Crippen molar-refractivity contribution in [3.63, 3.8) is 0 Å². The van der Waals surface area contributed by atoms with Gasteiger partial charge in [0, 0.05) is 38.1 Å². The molecular formula is C20H29N3O. The Hall–Kier alpha value is -1.39. The van der Waals surface area contributed by atoms with Crippen molar-refractivity contribution < 1.29 is 4.79 Å². The molecule has 0 radical (unpaired) electrons. The molecule has 4 rings (SSSR count). The molecule has 4 nitrogen and oxygen atoms in total. The average molecular weight is 327 g/mol. The van der Waals surface area contributed by atoms with Crippen LogP contribution in [0.2, 0.25) is 0 Å². The highest BCUT2D eigenvalue weighted by Gasteiger charge is 2.54. The average Bonchev–Trinajstić information content (AvgIpc) is 3.30. The Morgan fingerprint density at radius 2 is 1.83 bits per heavy atom. The number of hydrogen-bond acceptors (Lipinski definition) is 3. The van der Waals surface area contributed by atoms with Crippen molar-refractivity contribution in [2.24, 2.45) is 11.8 Å². The first-order valence-electron chi connectivity index (χ1n) is 9.56. The fourth-order valence-electron chi connectivity index (χ4n) is 5.30. The molecule has 0 saturated carbocycles. The number of fused-ring (bicyclic) bond motifs is 5. The van der Waals surface area contributed by atoms with E-state index in [2.05, 4.69) is 29.3 Å². The minimum absolute atomic E-state index is 0.302. The van der Waals surface area contributed by atoms with Gasteiger partial charge < -0.3 is 10.2 Å². The van der Waals surface area contributed by atoms with E-state index in [0.717, 1.165) is 43.6 Å². The molecule has 0 unspecified atom stereocenters. The molecule has 1 amide bonds. The number of nitrogens with one attached hydrogen (secondary N) is 1. The van der Waals surface area contributed by atoms with E-state index in [-0.39, 0.29) is 0 Å². The van der Waals surface area contributed by atoms with Crippen LogP contribution in [0.3, 0.4) is 0 Å². The molecule has 4 heteroatoms. The lowest BCUT2D eigenvalue weighted by molar-refractivity contribution is -0.132. The third kappa shape index (κ3) is 2.86. The Kier molecular flexibility index (Phi) is 4.59. The van der Waals surface area contributed by atoms with Gasteiger partial charge in [0.1, 0.15) is 0 Å². The summed E-state index contributed by atoms with van der Waals surface area (Å²) in [5.74, 6) is 1.98. The number of nitrogens with zero attached hydrogens (tertiary/aromatic N) is 2. The number of rotatable bonds is 6. The van der Waals surface area contributed by atoms with E-state index in [9.17, 15) is 4.79 Å².